The third kappa shape index (κ3) is 2.56. The van der Waals surface area contributed by atoms with Gasteiger partial charge in [0.25, 0.3) is 5.91 Å². The molecule has 0 unspecified atom stereocenters. The van der Waals surface area contributed by atoms with Gasteiger partial charge in [-0.25, -0.2) is 0 Å². The van der Waals surface area contributed by atoms with E-state index in [1.54, 1.807) is 0 Å². The normalized spacial score (nSPS) is 16.9. The molecule has 2 rings (SSSR count). The van der Waals surface area contributed by atoms with Crippen LogP contribution in [-0.4, -0.2) is 28.6 Å². The van der Waals surface area contributed by atoms with Crippen LogP contribution in [0, 0.1) is 0 Å². The maximum Gasteiger partial charge on any atom is 0.253 e. The summed E-state index contributed by atoms with van der Waals surface area (Å²) in [5, 5.41) is 12.3. The van der Waals surface area contributed by atoms with Crippen molar-refractivity contribution in [3.8, 4) is 5.75 Å². The molecule has 5 heteroatoms. The zero-order valence-electron chi connectivity index (χ0n) is 10.4. The van der Waals surface area contributed by atoms with Crippen molar-refractivity contribution in [3.63, 3.8) is 0 Å². The average Bonchev–Trinajstić information content (AvgIpc) is 2.31. The lowest BCUT2D eigenvalue weighted by Crippen LogP contribution is -2.45. The largest absolute Gasteiger partial charge is 0.508 e. The van der Waals surface area contributed by atoms with Gasteiger partial charge in [-0.1, -0.05) is 6.42 Å². The molecule has 1 aliphatic rings. The van der Waals surface area contributed by atoms with Crippen molar-refractivity contribution < 1.29 is 9.90 Å². The molecule has 0 radical (unpaired) electrons. The van der Waals surface area contributed by atoms with Crippen LogP contribution in [0.1, 0.15) is 29.6 Å². The Balaban J connectivity index is 2.01. The smallest absolute Gasteiger partial charge is 0.253 e. The molecule has 4 N–H and O–H groups in total. The molecule has 1 amide bonds. The number of nitrogen functional groups attached to an aromatic ring is 1. The Hall–Kier alpha value is -1.36. The third-order valence-electron chi connectivity index (χ3n) is 3.55. The minimum absolute atomic E-state index is 0.0533. The standard InChI is InChI=1S/C13H18N2O2S/c1-18-13(5-2-6-13)8-15-12(17)10-7-9(16)3-4-11(10)14/h3-4,7,16H,2,5-6,8,14H2,1H3,(H,15,17). The van der Waals surface area contributed by atoms with E-state index in [1.807, 2.05) is 11.8 Å². The number of nitrogens with two attached hydrogens (primary N) is 1. The van der Waals surface area contributed by atoms with Gasteiger partial charge >= 0.3 is 0 Å². The predicted molar refractivity (Wildman–Crippen MR) is 74.9 cm³/mol. The maximum absolute atomic E-state index is 12.0. The Morgan fingerprint density at radius 3 is 2.83 bits per heavy atom. The van der Waals surface area contributed by atoms with Crippen LogP contribution >= 0.6 is 11.8 Å². The molecule has 1 aliphatic carbocycles. The van der Waals surface area contributed by atoms with E-state index in [1.165, 1.54) is 24.6 Å². The fourth-order valence-electron chi connectivity index (χ4n) is 2.10. The van der Waals surface area contributed by atoms with Crippen molar-refractivity contribution in [2.75, 3.05) is 18.5 Å². The molecular formula is C13H18N2O2S. The predicted octanol–water partition coefficient (Wildman–Crippen LogP) is 1.99. The minimum Gasteiger partial charge on any atom is -0.508 e. The number of benzene rings is 1. The molecule has 0 heterocycles. The SMILES string of the molecule is CSC1(CNC(=O)c2cc(O)ccc2N)CCC1. The fourth-order valence-corrected chi connectivity index (χ4v) is 3.02. The topological polar surface area (TPSA) is 75.3 Å². The van der Waals surface area contributed by atoms with E-state index in [0.717, 1.165) is 12.8 Å². The molecule has 4 nitrogen and oxygen atoms in total. The minimum atomic E-state index is -0.219. The Labute approximate surface area is 111 Å². The van der Waals surface area contributed by atoms with Crippen molar-refractivity contribution in [1.82, 2.24) is 5.32 Å². The Morgan fingerprint density at radius 1 is 1.56 bits per heavy atom. The lowest BCUT2D eigenvalue weighted by atomic mass is 9.84. The summed E-state index contributed by atoms with van der Waals surface area (Å²) in [5.74, 6) is -0.165. The number of hydrogen-bond donors (Lipinski definition) is 3. The van der Waals surface area contributed by atoms with Gasteiger partial charge in [0.1, 0.15) is 5.75 Å². The average molecular weight is 266 g/mol. The van der Waals surface area contributed by atoms with E-state index < -0.39 is 0 Å². The Bertz CT molecular complexity index is 453. The monoisotopic (exact) mass is 266 g/mol. The lowest BCUT2D eigenvalue weighted by Gasteiger charge is -2.40. The molecule has 0 aliphatic heterocycles. The van der Waals surface area contributed by atoms with Crippen molar-refractivity contribution in [3.05, 3.63) is 23.8 Å². The second kappa shape index (κ2) is 5.10. The van der Waals surface area contributed by atoms with Crippen molar-refractivity contribution in [1.29, 1.82) is 0 Å². The van der Waals surface area contributed by atoms with Crippen LogP contribution in [0.4, 0.5) is 5.69 Å². The molecule has 18 heavy (non-hydrogen) atoms. The van der Waals surface area contributed by atoms with Crippen LogP contribution in [0.3, 0.4) is 0 Å². The van der Waals surface area contributed by atoms with Crippen molar-refractivity contribution >= 4 is 23.4 Å². The lowest BCUT2D eigenvalue weighted by molar-refractivity contribution is 0.0944. The van der Waals surface area contributed by atoms with E-state index in [-0.39, 0.29) is 16.4 Å². The van der Waals surface area contributed by atoms with E-state index in [9.17, 15) is 9.90 Å². The first-order valence-corrected chi connectivity index (χ1v) is 7.21. The summed E-state index contributed by atoms with van der Waals surface area (Å²) in [6.07, 6.45) is 5.59. The molecule has 1 aromatic carbocycles. The number of amides is 1. The second-order valence-corrected chi connectivity index (χ2v) is 5.97. The van der Waals surface area contributed by atoms with Gasteiger partial charge in [0, 0.05) is 17.0 Å². The molecular weight excluding hydrogens is 248 g/mol. The molecule has 1 saturated carbocycles. The highest BCUT2D eigenvalue weighted by atomic mass is 32.2. The quantitative estimate of drug-likeness (QED) is 0.575. The van der Waals surface area contributed by atoms with Gasteiger partial charge < -0.3 is 16.2 Å². The molecule has 0 aromatic heterocycles. The molecule has 1 aromatic rings. The van der Waals surface area contributed by atoms with E-state index in [0.29, 0.717) is 17.8 Å². The van der Waals surface area contributed by atoms with Crippen LogP contribution in [0.2, 0.25) is 0 Å². The number of carbonyl (C=O) groups excluding carboxylic acids is 1. The van der Waals surface area contributed by atoms with Gasteiger partial charge in [-0.15, -0.1) is 0 Å². The van der Waals surface area contributed by atoms with E-state index >= 15 is 0 Å². The molecule has 0 spiro atoms. The van der Waals surface area contributed by atoms with Gasteiger partial charge in [0.05, 0.1) is 5.56 Å². The number of rotatable bonds is 4. The first kappa shape index (κ1) is 13.1. The highest BCUT2D eigenvalue weighted by molar-refractivity contribution is 8.00. The summed E-state index contributed by atoms with van der Waals surface area (Å²) in [7, 11) is 0. The Morgan fingerprint density at radius 2 is 2.28 bits per heavy atom. The van der Waals surface area contributed by atoms with Crippen molar-refractivity contribution in [2.45, 2.75) is 24.0 Å². The van der Waals surface area contributed by atoms with Gasteiger partial charge in [0.15, 0.2) is 0 Å². The number of thioether (sulfide) groups is 1. The van der Waals surface area contributed by atoms with Crippen LogP contribution in [-0.2, 0) is 0 Å². The second-order valence-electron chi connectivity index (χ2n) is 4.69. The highest BCUT2D eigenvalue weighted by Crippen LogP contribution is 2.42. The number of aromatic hydroxyl groups is 1. The van der Waals surface area contributed by atoms with Crippen LogP contribution in [0.15, 0.2) is 18.2 Å². The van der Waals surface area contributed by atoms with E-state index in [4.69, 9.17) is 5.73 Å². The van der Waals surface area contributed by atoms with Gasteiger partial charge in [-0.2, -0.15) is 11.8 Å². The molecule has 1 fully saturated rings. The summed E-state index contributed by atoms with van der Waals surface area (Å²) >= 11 is 1.81. The first-order chi connectivity index (χ1) is 8.56. The summed E-state index contributed by atoms with van der Waals surface area (Å²) in [6.45, 7) is 0.655. The zero-order chi connectivity index (χ0) is 13.2. The number of phenols is 1. The molecule has 98 valence electrons. The van der Waals surface area contributed by atoms with Gasteiger partial charge in [-0.05, 0) is 37.3 Å². The number of anilines is 1. The van der Waals surface area contributed by atoms with Gasteiger partial charge in [-0.3, -0.25) is 4.79 Å². The Kier molecular flexibility index (Phi) is 3.71. The summed E-state index contributed by atoms with van der Waals surface area (Å²) in [5.41, 5.74) is 6.46. The molecule has 0 saturated heterocycles. The van der Waals surface area contributed by atoms with Crippen LogP contribution < -0.4 is 11.1 Å². The molecule has 0 bridgehead atoms. The summed E-state index contributed by atoms with van der Waals surface area (Å²) in [6, 6.07) is 4.41. The van der Waals surface area contributed by atoms with Gasteiger partial charge in [0.2, 0.25) is 0 Å². The number of carbonyl (C=O) groups is 1. The molecule has 0 atom stereocenters. The third-order valence-corrected chi connectivity index (χ3v) is 4.97. The number of nitrogens with one attached hydrogen (secondary N) is 1. The van der Waals surface area contributed by atoms with Crippen molar-refractivity contribution in [2.24, 2.45) is 0 Å². The number of phenolic OH excluding ortho intramolecular Hbond substituents is 1. The van der Waals surface area contributed by atoms with Crippen LogP contribution in [0.5, 0.6) is 5.75 Å². The first-order valence-electron chi connectivity index (χ1n) is 5.98. The zero-order valence-corrected chi connectivity index (χ0v) is 11.2. The highest BCUT2D eigenvalue weighted by Gasteiger charge is 2.36. The van der Waals surface area contributed by atoms with Crippen LogP contribution in [0.25, 0.3) is 0 Å². The maximum atomic E-state index is 12.0. The number of hydrogen-bond acceptors (Lipinski definition) is 4. The van der Waals surface area contributed by atoms with E-state index in [2.05, 4.69) is 11.6 Å². The fraction of sp³-hybridized carbons (Fsp3) is 0.462. The summed E-state index contributed by atoms with van der Waals surface area (Å²) < 4.78 is 0.196. The summed E-state index contributed by atoms with van der Waals surface area (Å²) in [4.78, 5) is 12.0.